The maximum atomic E-state index is 11.1. The highest BCUT2D eigenvalue weighted by Gasteiger charge is 2.08. The summed E-state index contributed by atoms with van der Waals surface area (Å²) < 4.78 is 22.2. The summed E-state index contributed by atoms with van der Waals surface area (Å²) in [7, 11) is -3.13. The normalized spacial score (nSPS) is 13.9. The molecule has 0 aliphatic heterocycles. The first-order valence-corrected chi connectivity index (χ1v) is 6.04. The van der Waals surface area contributed by atoms with Crippen LogP contribution in [0.5, 0.6) is 0 Å². The van der Waals surface area contributed by atoms with E-state index in [1.54, 1.807) is 19.1 Å². The molecule has 78 valence electrons. The van der Waals surface area contributed by atoms with Gasteiger partial charge in [0, 0.05) is 6.26 Å². The van der Waals surface area contributed by atoms with Gasteiger partial charge in [0.1, 0.15) is 0 Å². The number of hydrogen-bond acceptors (Lipinski definition) is 4. The fourth-order valence-electron chi connectivity index (χ4n) is 1.08. The Kier molecular flexibility index (Phi) is 3.25. The zero-order chi connectivity index (χ0) is 10.8. The van der Waals surface area contributed by atoms with Gasteiger partial charge in [0.2, 0.25) is 0 Å². The van der Waals surface area contributed by atoms with E-state index in [0.29, 0.717) is 0 Å². The Labute approximate surface area is 83.4 Å². The van der Waals surface area contributed by atoms with Crippen molar-refractivity contribution in [3.05, 3.63) is 29.8 Å². The molecule has 2 N–H and O–H groups in total. The molecule has 0 unspecified atom stereocenters. The number of hydroxylamine groups is 1. The third kappa shape index (κ3) is 2.54. The van der Waals surface area contributed by atoms with E-state index in [9.17, 15) is 8.42 Å². The predicted octanol–water partition coefficient (Wildman–Crippen LogP) is 1.13. The molecule has 1 atom stereocenters. The molecule has 0 saturated carbocycles. The summed E-state index contributed by atoms with van der Waals surface area (Å²) in [5, 5.41) is 8.65. The Morgan fingerprint density at radius 2 is 1.79 bits per heavy atom. The van der Waals surface area contributed by atoms with Crippen LogP contribution in [-0.4, -0.2) is 19.9 Å². The van der Waals surface area contributed by atoms with E-state index in [-0.39, 0.29) is 10.9 Å². The van der Waals surface area contributed by atoms with Crippen LogP contribution in [-0.2, 0) is 9.84 Å². The molecule has 1 aromatic rings. The van der Waals surface area contributed by atoms with E-state index in [1.165, 1.54) is 12.1 Å². The Balaban J connectivity index is 3.01. The zero-order valence-corrected chi connectivity index (χ0v) is 8.88. The van der Waals surface area contributed by atoms with E-state index in [2.05, 4.69) is 5.48 Å². The van der Waals surface area contributed by atoms with Crippen LogP contribution < -0.4 is 5.48 Å². The third-order valence-electron chi connectivity index (χ3n) is 2.00. The quantitative estimate of drug-likeness (QED) is 0.742. The summed E-state index contributed by atoms with van der Waals surface area (Å²) >= 11 is 0. The van der Waals surface area contributed by atoms with Gasteiger partial charge in [-0.2, -0.15) is 5.48 Å². The maximum Gasteiger partial charge on any atom is 0.175 e. The Morgan fingerprint density at radius 1 is 1.29 bits per heavy atom. The van der Waals surface area contributed by atoms with Gasteiger partial charge in [0.05, 0.1) is 10.9 Å². The number of rotatable bonds is 3. The molecular weight excluding hydrogens is 202 g/mol. The van der Waals surface area contributed by atoms with Crippen LogP contribution in [0.3, 0.4) is 0 Å². The van der Waals surface area contributed by atoms with Crippen LogP contribution in [0.25, 0.3) is 0 Å². The number of sulfone groups is 1. The first kappa shape index (κ1) is 11.2. The first-order chi connectivity index (χ1) is 6.45. The van der Waals surface area contributed by atoms with Crippen molar-refractivity contribution in [1.82, 2.24) is 5.48 Å². The van der Waals surface area contributed by atoms with Gasteiger partial charge >= 0.3 is 0 Å². The monoisotopic (exact) mass is 215 g/mol. The molecule has 0 amide bonds. The van der Waals surface area contributed by atoms with E-state index in [0.717, 1.165) is 11.8 Å². The highest BCUT2D eigenvalue weighted by Crippen LogP contribution is 2.15. The van der Waals surface area contributed by atoms with Gasteiger partial charge < -0.3 is 5.21 Å². The van der Waals surface area contributed by atoms with E-state index in [4.69, 9.17) is 5.21 Å². The number of nitrogens with one attached hydrogen (secondary N) is 1. The van der Waals surface area contributed by atoms with Gasteiger partial charge in [-0.1, -0.05) is 12.1 Å². The minimum Gasteiger partial charge on any atom is -0.316 e. The van der Waals surface area contributed by atoms with E-state index >= 15 is 0 Å². The van der Waals surface area contributed by atoms with E-state index in [1.807, 2.05) is 0 Å². The lowest BCUT2D eigenvalue weighted by atomic mass is 10.1. The van der Waals surface area contributed by atoms with Gasteiger partial charge in [0.25, 0.3) is 0 Å². The van der Waals surface area contributed by atoms with Gasteiger partial charge in [0.15, 0.2) is 9.84 Å². The van der Waals surface area contributed by atoms with Crippen LogP contribution >= 0.6 is 0 Å². The average Bonchev–Trinajstić information content (AvgIpc) is 2.15. The maximum absolute atomic E-state index is 11.1. The Bertz CT molecular complexity index is 397. The third-order valence-corrected chi connectivity index (χ3v) is 3.13. The summed E-state index contributed by atoms with van der Waals surface area (Å²) in [4.78, 5) is 0.284. The summed E-state index contributed by atoms with van der Waals surface area (Å²) in [5.41, 5.74) is 2.92. The van der Waals surface area contributed by atoms with Gasteiger partial charge in [-0.3, -0.25) is 0 Å². The molecule has 0 heterocycles. The van der Waals surface area contributed by atoms with Crippen LogP contribution in [0.4, 0.5) is 0 Å². The van der Waals surface area contributed by atoms with E-state index < -0.39 is 9.84 Å². The largest absolute Gasteiger partial charge is 0.316 e. The minimum absolute atomic E-state index is 0.205. The van der Waals surface area contributed by atoms with Gasteiger partial charge in [-0.05, 0) is 24.6 Å². The molecule has 5 heteroatoms. The molecule has 0 fully saturated rings. The second-order valence-electron chi connectivity index (χ2n) is 3.19. The second-order valence-corrected chi connectivity index (χ2v) is 5.21. The topological polar surface area (TPSA) is 66.4 Å². The molecule has 14 heavy (non-hydrogen) atoms. The predicted molar refractivity (Wildman–Crippen MR) is 52.9 cm³/mol. The Morgan fingerprint density at radius 3 is 2.14 bits per heavy atom. The van der Waals surface area contributed by atoms with Crippen LogP contribution in [0, 0.1) is 0 Å². The molecule has 0 aliphatic carbocycles. The highest BCUT2D eigenvalue weighted by molar-refractivity contribution is 7.90. The standard InChI is InChI=1S/C9H13NO3S/c1-7(10-11)8-3-5-9(6-4-8)14(2,12)13/h3-7,10-11H,1-2H3/t7-/m1/s1. The molecule has 0 radical (unpaired) electrons. The van der Waals surface area contributed by atoms with Crippen LogP contribution in [0.15, 0.2) is 29.2 Å². The summed E-state index contributed by atoms with van der Waals surface area (Å²) in [6, 6.07) is 6.19. The molecule has 1 aromatic carbocycles. The summed E-state index contributed by atoms with van der Waals surface area (Å²) in [6.45, 7) is 1.77. The highest BCUT2D eigenvalue weighted by atomic mass is 32.2. The smallest absolute Gasteiger partial charge is 0.175 e. The fraction of sp³-hybridized carbons (Fsp3) is 0.333. The molecule has 4 nitrogen and oxygen atoms in total. The first-order valence-electron chi connectivity index (χ1n) is 4.15. The molecule has 0 aliphatic rings. The fourth-order valence-corrected chi connectivity index (χ4v) is 1.71. The van der Waals surface area contributed by atoms with Crippen molar-refractivity contribution in [2.24, 2.45) is 0 Å². The van der Waals surface area contributed by atoms with Crippen LogP contribution in [0.1, 0.15) is 18.5 Å². The van der Waals surface area contributed by atoms with Gasteiger partial charge in [-0.25, -0.2) is 8.42 Å². The lowest BCUT2D eigenvalue weighted by Crippen LogP contribution is -2.13. The Hall–Kier alpha value is -0.910. The van der Waals surface area contributed by atoms with Crippen molar-refractivity contribution in [3.63, 3.8) is 0 Å². The lowest BCUT2D eigenvalue weighted by Gasteiger charge is -2.09. The van der Waals surface area contributed by atoms with Gasteiger partial charge in [-0.15, -0.1) is 0 Å². The lowest BCUT2D eigenvalue weighted by molar-refractivity contribution is 0.133. The molecule has 1 rings (SSSR count). The van der Waals surface area contributed by atoms with Crippen molar-refractivity contribution in [2.75, 3.05) is 6.26 Å². The second kappa shape index (κ2) is 4.08. The van der Waals surface area contributed by atoms with Crippen molar-refractivity contribution < 1.29 is 13.6 Å². The average molecular weight is 215 g/mol. The van der Waals surface area contributed by atoms with Crippen molar-refractivity contribution in [2.45, 2.75) is 17.9 Å². The number of hydrogen-bond donors (Lipinski definition) is 2. The van der Waals surface area contributed by atoms with Crippen molar-refractivity contribution in [1.29, 1.82) is 0 Å². The SMILES string of the molecule is C[C@@H](NO)c1ccc(S(C)(=O)=O)cc1. The minimum atomic E-state index is -3.13. The summed E-state index contributed by atoms with van der Waals surface area (Å²) in [5.74, 6) is 0. The number of benzene rings is 1. The molecule has 0 aromatic heterocycles. The molecule has 0 saturated heterocycles. The van der Waals surface area contributed by atoms with Crippen molar-refractivity contribution in [3.8, 4) is 0 Å². The summed E-state index contributed by atoms with van der Waals surface area (Å²) in [6.07, 6.45) is 1.16. The van der Waals surface area contributed by atoms with Crippen molar-refractivity contribution >= 4 is 9.84 Å². The van der Waals surface area contributed by atoms with Crippen LogP contribution in [0.2, 0.25) is 0 Å². The zero-order valence-electron chi connectivity index (χ0n) is 8.06. The molecule has 0 spiro atoms. The molecular formula is C9H13NO3S. The molecule has 0 bridgehead atoms.